The van der Waals surface area contributed by atoms with Crippen molar-refractivity contribution in [3.63, 3.8) is 0 Å². The van der Waals surface area contributed by atoms with Crippen molar-refractivity contribution in [3.05, 3.63) is 23.9 Å². The highest BCUT2D eigenvalue weighted by Crippen LogP contribution is 2.25. The number of aromatic nitrogens is 1. The summed E-state index contributed by atoms with van der Waals surface area (Å²) in [5, 5.41) is 3.51. The summed E-state index contributed by atoms with van der Waals surface area (Å²) in [4.78, 5) is 7.13. The Morgan fingerprint density at radius 2 is 2.00 bits per heavy atom. The molecule has 0 radical (unpaired) electrons. The van der Waals surface area contributed by atoms with Gasteiger partial charge in [0.25, 0.3) is 0 Å². The molecule has 3 nitrogen and oxygen atoms in total. The lowest BCUT2D eigenvalue weighted by molar-refractivity contribution is 0.377. The van der Waals surface area contributed by atoms with Crippen molar-refractivity contribution in [2.75, 3.05) is 24.5 Å². The topological polar surface area (TPSA) is 28.2 Å². The van der Waals surface area contributed by atoms with Crippen LogP contribution in [0, 0.1) is 5.92 Å². The molecule has 1 aromatic rings. The summed E-state index contributed by atoms with van der Waals surface area (Å²) in [7, 11) is 0. The van der Waals surface area contributed by atoms with Gasteiger partial charge in [-0.15, -0.1) is 0 Å². The maximum Gasteiger partial charge on any atom is 0.128 e. The molecule has 2 heterocycles. The number of piperidine rings is 1. The second kappa shape index (κ2) is 8.38. The van der Waals surface area contributed by atoms with Gasteiger partial charge in [0.1, 0.15) is 5.82 Å². The van der Waals surface area contributed by atoms with Gasteiger partial charge in [-0.1, -0.05) is 32.8 Å². The summed E-state index contributed by atoms with van der Waals surface area (Å²) in [5.74, 6) is 2.08. The molecule has 3 heteroatoms. The second-order valence-corrected chi connectivity index (χ2v) is 6.34. The molecule has 1 fully saturated rings. The van der Waals surface area contributed by atoms with E-state index in [-0.39, 0.29) is 0 Å². The highest BCUT2D eigenvalue weighted by molar-refractivity contribution is 5.40. The highest BCUT2D eigenvalue weighted by atomic mass is 15.2. The van der Waals surface area contributed by atoms with Crippen LogP contribution in [0.4, 0.5) is 5.82 Å². The summed E-state index contributed by atoms with van der Waals surface area (Å²) < 4.78 is 0. The van der Waals surface area contributed by atoms with Crippen LogP contribution < -0.4 is 10.2 Å². The Bertz CT molecular complexity index is 393. The molecule has 21 heavy (non-hydrogen) atoms. The minimum atomic E-state index is 0.391. The Labute approximate surface area is 130 Å². The Kier molecular flexibility index (Phi) is 6.50. The normalized spacial score (nSPS) is 18.0. The zero-order valence-electron chi connectivity index (χ0n) is 13.9. The molecule has 1 unspecified atom stereocenters. The van der Waals surface area contributed by atoms with Crippen molar-refractivity contribution in [1.29, 1.82) is 0 Å². The van der Waals surface area contributed by atoms with Gasteiger partial charge in [-0.2, -0.15) is 0 Å². The fourth-order valence-electron chi connectivity index (χ4n) is 3.18. The van der Waals surface area contributed by atoms with Gasteiger partial charge < -0.3 is 10.2 Å². The van der Waals surface area contributed by atoms with Crippen LogP contribution in [0.25, 0.3) is 0 Å². The summed E-state index contributed by atoms with van der Waals surface area (Å²) >= 11 is 0. The van der Waals surface area contributed by atoms with Gasteiger partial charge in [0.2, 0.25) is 0 Å². The van der Waals surface area contributed by atoms with Crippen LogP contribution in [0.15, 0.2) is 18.3 Å². The van der Waals surface area contributed by atoms with Crippen molar-refractivity contribution in [1.82, 2.24) is 10.3 Å². The molecule has 0 aliphatic carbocycles. The van der Waals surface area contributed by atoms with Gasteiger partial charge in [-0.25, -0.2) is 4.98 Å². The highest BCUT2D eigenvalue weighted by Gasteiger charge is 2.19. The Morgan fingerprint density at radius 3 is 2.57 bits per heavy atom. The summed E-state index contributed by atoms with van der Waals surface area (Å²) in [5.41, 5.74) is 1.29. The van der Waals surface area contributed by atoms with Crippen molar-refractivity contribution >= 4 is 5.82 Å². The van der Waals surface area contributed by atoms with Crippen LogP contribution in [0.3, 0.4) is 0 Å². The fourth-order valence-corrected chi connectivity index (χ4v) is 3.18. The standard InChI is InChI=1S/C18H31N3/c1-4-6-16-9-12-21(13-10-16)18-8-7-17(14-20-18)15(3)19-11-5-2/h7-8,14-16,19H,4-6,9-13H2,1-3H3. The SMILES string of the molecule is CCCNC(C)c1ccc(N2CCC(CCC)CC2)nc1. The van der Waals surface area contributed by atoms with E-state index in [9.17, 15) is 0 Å². The largest absolute Gasteiger partial charge is 0.357 e. The third kappa shape index (κ3) is 4.70. The number of hydrogen-bond acceptors (Lipinski definition) is 3. The van der Waals surface area contributed by atoms with Gasteiger partial charge in [0.05, 0.1) is 0 Å². The number of anilines is 1. The van der Waals surface area contributed by atoms with Crippen molar-refractivity contribution < 1.29 is 0 Å². The minimum Gasteiger partial charge on any atom is -0.357 e. The molecule has 1 aliphatic rings. The molecule has 0 spiro atoms. The molecule has 118 valence electrons. The van der Waals surface area contributed by atoms with E-state index < -0.39 is 0 Å². The third-order valence-electron chi connectivity index (χ3n) is 4.61. The first-order chi connectivity index (χ1) is 10.2. The molecule has 1 aliphatic heterocycles. The number of pyridine rings is 1. The van der Waals surface area contributed by atoms with Crippen LogP contribution in [-0.2, 0) is 0 Å². The van der Waals surface area contributed by atoms with E-state index in [1.807, 2.05) is 6.20 Å². The molecule has 2 rings (SSSR count). The van der Waals surface area contributed by atoms with Crippen molar-refractivity contribution in [2.45, 2.75) is 58.9 Å². The average molecular weight is 289 g/mol. The van der Waals surface area contributed by atoms with Crippen LogP contribution in [0.2, 0.25) is 0 Å². The fraction of sp³-hybridized carbons (Fsp3) is 0.722. The second-order valence-electron chi connectivity index (χ2n) is 6.34. The first-order valence-electron chi connectivity index (χ1n) is 8.68. The Balaban J connectivity index is 1.88. The number of nitrogens with zero attached hydrogens (tertiary/aromatic N) is 2. The number of hydrogen-bond donors (Lipinski definition) is 1. The van der Waals surface area contributed by atoms with E-state index in [1.165, 1.54) is 50.8 Å². The van der Waals surface area contributed by atoms with Gasteiger partial charge in [0, 0.05) is 25.3 Å². The predicted molar refractivity (Wildman–Crippen MR) is 90.8 cm³/mol. The third-order valence-corrected chi connectivity index (χ3v) is 4.61. The molecule has 0 aromatic carbocycles. The van der Waals surface area contributed by atoms with E-state index in [0.29, 0.717) is 6.04 Å². The average Bonchev–Trinajstić information content (AvgIpc) is 2.54. The van der Waals surface area contributed by atoms with E-state index in [4.69, 9.17) is 0 Å². The lowest BCUT2D eigenvalue weighted by Crippen LogP contribution is -2.34. The van der Waals surface area contributed by atoms with Crippen LogP contribution in [-0.4, -0.2) is 24.6 Å². The summed E-state index contributed by atoms with van der Waals surface area (Å²) in [6.45, 7) is 10.1. The number of nitrogens with one attached hydrogen (secondary N) is 1. The molecule has 1 aromatic heterocycles. The summed E-state index contributed by atoms with van der Waals surface area (Å²) in [6, 6.07) is 4.81. The monoisotopic (exact) mass is 289 g/mol. The molecular weight excluding hydrogens is 258 g/mol. The summed E-state index contributed by atoms with van der Waals surface area (Å²) in [6.07, 6.45) is 8.57. The lowest BCUT2D eigenvalue weighted by Gasteiger charge is -2.32. The molecular formula is C18H31N3. The lowest BCUT2D eigenvalue weighted by atomic mass is 9.92. The Hall–Kier alpha value is -1.09. The van der Waals surface area contributed by atoms with Crippen molar-refractivity contribution in [2.24, 2.45) is 5.92 Å². The van der Waals surface area contributed by atoms with E-state index in [2.05, 4.69) is 48.1 Å². The Morgan fingerprint density at radius 1 is 1.24 bits per heavy atom. The predicted octanol–water partition coefficient (Wildman–Crippen LogP) is 4.16. The first kappa shape index (κ1) is 16.3. The zero-order valence-corrected chi connectivity index (χ0v) is 13.9. The molecule has 1 saturated heterocycles. The maximum absolute atomic E-state index is 4.69. The van der Waals surface area contributed by atoms with Crippen molar-refractivity contribution in [3.8, 4) is 0 Å². The number of rotatable bonds is 7. The van der Waals surface area contributed by atoms with Crippen LogP contribution in [0.1, 0.15) is 64.5 Å². The quantitative estimate of drug-likeness (QED) is 0.817. The molecule has 0 saturated carbocycles. The minimum absolute atomic E-state index is 0.391. The van der Waals surface area contributed by atoms with Crippen LogP contribution >= 0.6 is 0 Å². The van der Waals surface area contributed by atoms with E-state index in [1.54, 1.807) is 0 Å². The smallest absolute Gasteiger partial charge is 0.128 e. The van der Waals surface area contributed by atoms with Gasteiger partial charge in [-0.3, -0.25) is 0 Å². The molecule has 0 bridgehead atoms. The van der Waals surface area contributed by atoms with Gasteiger partial charge in [0.15, 0.2) is 0 Å². The molecule has 1 atom stereocenters. The van der Waals surface area contributed by atoms with Crippen LogP contribution in [0.5, 0.6) is 0 Å². The maximum atomic E-state index is 4.69. The molecule has 0 amide bonds. The van der Waals surface area contributed by atoms with Gasteiger partial charge in [-0.05, 0) is 50.3 Å². The van der Waals surface area contributed by atoms with E-state index >= 15 is 0 Å². The molecule has 1 N–H and O–H groups in total. The van der Waals surface area contributed by atoms with Gasteiger partial charge >= 0.3 is 0 Å². The van der Waals surface area contributed by atoms with E-state index in [0.717, 1.165) is 18.3 Å². The zero-order chi connectivity index (χ0) is 15.1. The first-order valence-corrected chi connectivity index (χ1v) is 8.68.